The lowest BCUT2D eigenvalue weighted by Gasteiger charge is -2.27. The van der Waals surface area contributed by atoms with Crippen molar-refractivity contribution in [1.82, 2.24) is 19.9 Å². The van der Waals surface area contributed by atoms with Gasteiger partial charge in [-0.2, -0.15) is 0 Å². The number of nitrogen functional groups attached to an aromatic ring is 2. The van der Waals surface area contributed by atoms with Crippen molar-refractivity contribution < 1.29 is 9.47 Å². The fraction of sp³-hybridized carbons (Fsp3) is 0.318. The van der Waals surface area contributed by atoms with Gasteiger partial charge in [0.15, 0.2) is 23.5 Å². The third kappa shape index (κ3) is 3.19. The highest BCUT2D eigenvalue weighted by atomic mass is 16.6. The molecule has 8 nitrogen and oxygen atoms in total. The van der Waals surface area contributed by atoms with Gasteiger partial charge in [-0.3, -0.25) is 0 Å². The molecule has 30 heavy (non-hydrogen) atoms. The molecule has 4 heterocycles. The summed E-state index contributed by atoms with van der Waals surface area (Å²) < 4.78 is 11.7. The van der Waals surface area contributed by atoms with E-state index in [-0.39, 0.29) is 17.8 Å². The van der Waals surface area contributed by atoms with Gasteiger partial charge in [-0.15, -0.1) is 0 Å². The van der Waals surface area contributed by atoms with Crippen molar-refractivity contribution >= 4 is 11.6 Å². The first-order valence-electron chi connectivity index (χ1n) is 9.97. The molecule has 1 atom stereocenters. The van der Waals surface area contributed by atoms with Crippen LogP contribution in [0.4, 0.5) is 11.6 Å². The van der Waals surface area contributed by atoms with Crippen LogP contribution in [-0.2, 0) is 13.0 Å². The minimum atomic E-state index is -0.365. The molecule has 0 saturated carbocycles. The molecule has 4 N–H and O–H groups in total. The lowest BCUT2D eigenvalue weighted by atomic mass is 9.92. The topological polar surface area (TPSA) is 112 Å². The van der Waals surface area contributed by atoms with Crippen LogP contribution in [0.5, 0.6) is 11.6 Å². The summed E-state index contributed by atoms with van der Waals surface area (Å²) in [4.78, 5) is 15.4. The number of fused-ring (bicyclic) bond motifs is 2. The van der Waals surface area contributed by atoms with Crippen molar-refractivity contribution in [3.05, 3.63) is 52.8 Å². The summed E-state index contributed by atoms with van der Waals surface area (Å²) >= 11 is 0. The predicted octanol–water partition coefficient (Wildman–Crippen LogP) is 2.51. The second-order valence-electron chi connectivity index (χ2n) is 7.90. The van der Waals surface area contributed by atoms with E-state index in [9.17, 15) is 0 Å². The number of anilines is 2. The van der Waals surface area contributed by atoms with Gasteiger partial charge < -0.3 is 25.8 Å². The first kappa shape index (κ1) is 18.6. The molecule has 5 rings (SSSR count). The normalized spacial score (nSPS) is 17.9. The number of aromatic nitrogens is 3. The van der Waals surface area contributed by atoms with Crippen molar-refractivity contribution in [2.45, 2.75) is 26.0 Å². The first-order valence-corrected chi connectivity index (χ1v) is 9.97. The van der Waals surface area contributed by atoms with Gasteiger partial charge in [-0.25, -0.2) is 15.0 Å². The average Bonchev–Trinajstić information content (AvgIpc) is 3.13. The Morgan fingerprint density at radius 1 is 1.20 bits per heavy atom. The predicted molar refractivity (Wildman–Crippen MR) is 114 cm³/mol. The molecule has 0 aliphatic carbocycles. The zero-order valence-corrected chi connectivity index (χ0v) is 17.1. The first-order chi connectivity index (χ1) is 14.5. The molecule has 2 aromatic heterocycles. The summed E-state index contributed by atoms with van der Waals surface area (Å²) in [5, 5.41) is 0. The van der Waals surface area contributed by atoms with E-state index in [1.807, 2.05) is 6.07 Å². The Kier molecular flexibility index (Phi) is 4.43. The van der Waals surface area contributed by atoms with Crippen molar-refractivity contribution in [1.29, 1.82) is 0 Å². The quantitative estimate of drug-likeness (QED) is 0.685. The Labute approximate surface area is 174 Å². The van der Waals surface area contributed by atoms with Crippen molar-refractivity contribution in [3.8, 4) is 22.9 Å². The Hall–Kier alpha value is -3.39. The maximum atomic E-state index is 6.09. The molecule has 8 heteroatoms. The minimum absolute atomic E-state index is 0.239. The number of aryl methyl sites for hydroxylation is 1. The molecule has 154 valence electrons. The molecule has 1 aromatic carbocycles. The van der Waals surface area contributed by atoms with E-state index in [0.717, 1.165) is 36.3 Å². The summed E-state index contributed by atoms with van der Waals surface area (Å²) in [5.74, 6) is 1.43. The molecule has 0 saturated heterocycles. The van der Waals surface area contributed by atoms with E-state index in [0.29, 0.717) is 18.2 Å². The number of rotatable bonds is 3. The Bertz CT molecular complexity index is 1130. The van der Waals surface area contributed by atoms with E-state index < -0.39 is 0 Å². The van der Waals surface area contributed by atoms with Crippen LogP contribution in [-0.4, -0.2) is 40.1 Å². The smallest absolute Gasteiger partial charge is 0.258 e. The van der Waals surface area contributed by atoms with Gasteiger partial charge in [0.05, 0.1) is 11.9 Å². The van der Waals surface area contributed by atoms with Crippen LogP contribution in [0.2, 0.25) is 0 Å². The summed E-state index contributed by atoms with van der Waals surface area (Å²) in [5.41, 5.74) is 18.6. The zero-order valence-electron chi connectivity index (χ0n) is 17.1. The van der Waals surface area contributed by atoms with E-state index in [1.54, 1.807) is 12.4 Å². The molecule has 3 aromatic rings. The number of ether oxygens (including phenoxy) is 2. The Morgan fingerprint density at radius 2 is 2.07 bits per heavy atom. The number of pyridine rings is 1. The van der Waals surface area contributed by atoms with Crippen LogP contribution in [0.15, 0.2) is 30.6 Å². The monoisotopic (exact) mass is 404 g/mol. The molecule has 1 unspecified atom stereocenters. The van der Waals surface area contributed by atoms with Gasteiger partial charge in [-0.05, 0) is 55.3 Å². The van der Waals surface area contributed by atoms with Gasteiger partial charge in [0.1, 0.15) is 6.61 Å². The SMILES string of the molecule is Cc1cc(-c2cnc(N)c(OC3COc4c3ccnc4N)n2)cc2c1CCN(C)C2. The third-order valence-corrected chi connectivity index (χ3v) is 5.75. The van der Waals surface area contributed by atoms with Gasteiger partial charge >= 0.3 is 0 Å². The average molecular weight is 404 g/mol. The molecule has 2 aliphatic heterocycles. The number of nitrogens with zero attached hydrogens (tertiary/aromatic N) is 4. The van der Waals surface area contributed by atoms with E-state index in [1.165, 1.54) is 16.7 Å². The summed E-state index contributed by atoms with van der Waals surface area (Å²) in [6, 6.07) is 6.19. The summed E-state index contributed by atoms with van der Waals surface area (Å²) in [7, 11) is 2.14. The molecular formula is C22H24N6O2. The Morgan fingerprint density at radius 3 is 2.93 bits per heavy atom. The highest BCUT2D eigenvalue weighted by Gasteiger charge is 2.29. The van der Waals surface area contributed by atoms with Crippen LogP contribution < -0.4 is 20.9 Å². The highest BCUT2D eigenvalue weighted by Crippen LogP contribution is 2.39. The van der Waals surface area contributed by atoms with E-state index in [2.05, 4.69) is 46.0 Å². The summed E-state index contributed by atoms with van der Waals surface area (Å²) in [6.45, 7) is 4.49. The third-order valence-electron chi connectivity index (χ3n) is 5.75. The fourth-order valence-corrected chi connectivity index (χ4v) is 4.19. The standard InChI is InChI=1S/C22H24N6O2/c1-12-7-13(8-14-10-28(2)6-4-15(12)14)17-9-26-21(24)22(27-17)30-18-11-29-19-16(18)3-5-25-20(19)23/h3,5,7-9,18H,4,6,10-11H2,1-2H3,(H2,23,25)(H2,24,26). The van der Waals surface area contributed by atoms with Crippen LogP contribution in [0.1, 0.15) is 28.4 Å². The van der Waals surface area contributed by atoms with Gasteiger partial charge in [0.2, 0.25) is 0 Å². The Balaban J connectivity index is 1.48. The molecule has 0 amide bonds. The van der Waals surface area contributed by atoms with E-state index in [4.69, 9.17) is 20.9 Å². The van der Waals surface area contributed by atoms with Crippen molar-refractivity contribution in [3.63, 3.8) is 0 Å². The summed E-state index contributed by atoms with van der Waals surface area (Å²) in [6.07, 6.45) is 4.03. The fourth-order valence-electron chi connectivity index (χ4n) is 4.19. The minimum Gasteiger partial charge on any atom is -0.485 e. The lowest BCUT2D eigenvalue weighted by Crippen LogP contribution is -2.27. The number of hydrogen-bond acceptors (Lipinski definition) is 8. The zero-order chi connectivity index (χ0) is 20.8. The van der Waals surface area contributed by atoms with Gasteiger partial charge in [-0.1, -0.05) is 0 Å². The van der Waals surface area contributed by atoms with Crippen LogP contribution >= 0.6 is 0 Å². The molecule has 0 spiro atoms. The molecule has 0 fully saturated rings. The number of likely N-dealkylation sites (N-methyl/N-ethyl adjacent to an activating group) is 1. The van der Waals surface area contributed by atoms with E-state index >= 15 is 0 Å². The lowest BCUT2D eigenvalue weighted by molar-refractivity contribution is 0.158. The molecule has 0 bridgehead atoms. The molecule has 2 aliphatic rings. The maximum Gasteiger partial charge on any atom is 0.258 e. The number of nitrogens with two attached hydrogens (primary N) is 2. The second-order valence-corrected chi connectivity index (χ2v) is 7.90. The molecule has 0 radical (unpaired) electrons. The van der Waals surface area contributed by atoms with Crippen molar-refractivity contribution in [2.24, 2.45) is 0 Å². The van der Waals surface area contributed by atoms with Gasteiger partial charge in [0.25, 0.3) is 5.88 Å². The second kappa shape index (κ2) is 7.14. The van der Waals surface area contributed by atoms with Crippen LogP contribution in [0.25, 0.3) is 11.3 Å². The van der Waals surface area contributed by atoms with Gasteiger partial charge in [0, 0.05) is 30.4 Å². The van der Waals surface area contributed by atoms with Crippen molar-refractivity contribution in [2.75, 3.05) is 31.7 Å². The number of hydrogen-bond donors (Lipinski definition) is 2. The van der Waals surface area contributed by atoms with Crippen LogP contribution in [0.3, 0.4) is 0 Å². The largest absolute Gasteiger partial charge is 0.485 e. The maximum absolute atomic E-state index is 6.09. The molecular weight excluding hydrogens is 380 g/mol. The highest BCUT2D eigenvalue weighted by molar-refractivity contribution is 5.64. The number of benzene rings is 1. The van der Waals surface area contributed by atoms with Crippen LogP contribution in [0, 0.1) is 6.92 Å².